The van der Waals surface area contributed by atoms with Gasteiger partial charge in [-0.15, -0.1) is 0 Å². The lowest BCUT2D eigenvalue weighted by atomic mass is 10.1. The molecule has 0 aliphatic carbocycles. The monoisotopic (exact) mass is 369 g/mol. The summed E-state index contributed by atoms with van der Waals surface area (Å²) in [5.41, 5.74) is 7.58. The Labute approximate surface area is 155 Å². The summed E-state index contributed by atoms with van der Waals surface area (Å²) in [6.07, 6.45) is 3.28. The van der Waals surface area contributed by atoms with E-state index in [0.29, 0.717) is 17.1 Å². The first-order chi connectivity index (χ1) is 12.9. The van der Waals surface area contributed by atoms with Crippen LogP contribution in [0.3, 0.4) is 0 Å². The van der Waals surface area contributed by atoms with Gasteiger partial charge >= 0.3 is 0 Å². The fraction of sp³-hybridized carbons (Fsp3) is 0.167. The van der Waals surface area contributed by atoms with Gasteiger partial charge in [0.1, 0.15) is 17.3 Å². The summed E-state index contributed by atoms with van der Waals surface area (Å²) in [6, 6.07) is 11.6. The van der Waals surface area contributed by atoms with Crippen LogP contribution < -0.4 is 25.8 Å². The number of ether oxygens (including phenoxy) is 2. The summed E-state index contributed by atoms with van der Waals surface area (Å²) >= 11 is 0. The number of non-ortho nitro benzene ring substituents is 1. The van der Waals surface area contributed by atoms with Crippen molar-refractivity contribution in [2.45, 2.75) is 5.79 Å². The molecular weight excluding hydrogens is 350 g/mol. The number of allylic oxidation sites excluding steroid dienone is 1. The second-order valence-electron chi connectivity index (χ2n) is 5.75. The third-order valence-electron chi connectivity index (χ3n) is 4.00. The Morgan fingerprint density at radius 2 is 2.04 bits per heavy atom. The highest BCUT2D eigenvalue weighted by Gasteiger charge is 2.33. The van der Waals surface area contributed by atoms with Crippen molar-refractivity contribution in [3.05, 3.63) is 70.0 Å². The predicted molar refractivity (Wildman–Crippen MR) is 102 cm³/mol. The van der Waals surface area contributed by atoms with E-state index >= 15 is 0 Å². The van der Waals surface area contributed by atoms with Gasteiger partial charge in [0.2, 0.25) is 5.79 Å². The average Bonchev–Trinajstić information content (AvgIpc) is 2.67. The summed E-state index contributed by atoms with van der Waals surface area (Å²) in [7, 11) is 3.01. The van der Waals surface area contributed by atoms with E-state index in [1.54, 1.807) is 19.4 Å². The van der Waals surface area contributed by atoms with Gasteiger partial charge in [-0.05, 0) is 24.3 Å². The van der Waals surface area contributed by atoms with E-state index in [-0.39, 0.29) is 11.4 Å². The molecule has 2 aromatic carbocycles. The highest BCUT2D eigenvalue weighted by molar-refractivity contribution is 5.75. The molecule has 0 saturated carbocycles. The first-order valence-corrected chi connectivity index (χ1v) is 8.02. The minimum absolute atomic E-state index is 0.0933. The molecule has 0 spiro atoms. The van der Waals surface area contributed by atoms with Crippen molar-refractivity contribution in [1.29, 1.82) is 0 Å². The SMILES string of the molecule is COc1cccc(NC2=CC=NC(N)(c3ccc([N+](=O)[O-])cc3OC)N2)c1. The Morgan fingerprint density at radius 3 is 2.74 bits per heavy atom. The third-order valence-corrected chi connectivity index (χ3v) is 4.00. The highest BCUT2D eigenvalue weighted by atomic mass is 16.6. The Balaban J connectivity index is 1.86. The molecule has 9 nitrogen and oxygen atoms in total. The standard InChI is InChI=1S/C18H19N5O4/c1-26-14-5-3-4-12(10-14)21-17-8-9-20-18(19,22-17)15-7-6-13(23(24)25)11-16(15)27-2/h3-11,21-22H,19H2,1-2H3. The van der Waals surface area contributed by atoms with Crippen LogP contribution in [0.1, 0.15) is 5.56 Å². The smallest absolute Gasteiger partial charge is 0.273 e. The predicted octanol–water partition coefficient (Wildman–Crippen LogP) is 2.31. The van der Waals surface area contributed by atoms with Crippen LogP contribution in [-0.4, -0.2) is 25.4 Å². The summed E-state index contributed by atoms with van der Waals surface area (Å²) in [5.74, 6) is 0.220. The number of nitro benzene ring substituents is 1. The second-order valence-corrected chi connectivity index (χ2v) is 5.75. The molecule has 2 aromatic rings. The maximum Gasteiger partial charge on any atom is 0.273 e. The number of rotatable bonds is 6. The zero-order valence-corrected chi connectivity index (χ0v) is 14.8. The lowest BCUT2D eigenvalue weighted by Crippen LogP contribution is -2.51. The minimum Gasteiger partial charge on any atom is -0.497 e. The van der Waals surface area contributed by atoms with E-state index in [9.17, 15) is 10.1 Å². The van der Waals surface area contributed by atoms with Gasteiger partial charge in [0, 0.05) is 24.0 Å². The average molecular weight is 369 g/mol. The second kappa shape index (κ2) is 7.34. The van der Waals surface area contributed by atoms with Crippen LogP contribution in [-0.2, 0) is 5.79 Å². The van der Waals surface area contributed by atoms with Crippen LogP contribution >= 0.6 is 0 Å². The van der Waals surface area contributed by atoms with Gasteiger partial charge in [-0.25, -0.2) is 4.99 Å². The molecule has 1 heterocycles. The van der Waals surface area contributed by atoms with Gasteiger partial charge in [-0.3, -0.25) is 15.8 Å². The van der Waals surface area contributed by atoms with Crippen molar-refractivity contribution in [2.24, 2.45) is 10.7 Å². The van der Waals surface area contributed by atoms with Gasteiger partial charge in [-0.1, -0.05) is 6.07 Å². The van der Waals surface area contributed by atoms with E-state index in [4.69, 9.17) is 15.2 Å². The molecule has 1 unspecified atom stereocenters. The Hall–Kier alpha value is -3.59. The fourth-order valence-corrected chi connectivity index (χ4v) is 2.68. The number of nitrogens with two attached hydrogens (primary N) is 1. The molecule has 1 aliphatic heterocycles. The number of methoxy groups -OCH3 is 2. The lowest BCUT2D eigenvalue weighted by Gasteiger charge is -2.32. The summed E-state index contributed by atoms with van der Waals surface area (Å²) in [4.78, 5) is 14.8. The van der Waals surface area contributed by atoms with Gasteiger partial charge in [0.15, 0.2) is 0 Å². The van der Waals surface area contributed by atoms with Gasteiger partial charge in [0.05, 0.1) is 30.8 Å². The fourth-order valence-electron chi connectivity index (χ4n) is 2.68. The van der Waals surface area contributed by atoms with Crippen molar-refractivity contribution >= 4 is 17.6 Å². The number of nitrogens with zero attached hydrogens (tertiary/aromatic N) is 2. The van der Waals surface area contributed by atoms with Crippen molar-refractivity contribution in [3.8, 4) is 11.5 Å². The van der Waals surface area contributed by atoms with E-state index in [1.807, 2.05) is 24.3 Å². The number of aliphatic imine (C=N–C) groups is 1. The molecule has 27 heavy (non-hydrogen) atoms. The van der Waals surface area contributed by atoms with Crippen molar-refractivity contribution < 1.29 is 14.4 Å². The van der Waals surface area contributed by atoms with Crippen LogP contribution in [0.5, 0.6) is 11.5 Å². The Bertz CT molecular complexity index is 928. The van der Waals surface area contributed by atoms with E-state index in [2.05, 4.69) is 15.6 Å². The molecule has 0 aromatic heterocycles. The Kier molecular flexibility index (Phi) is 4.95. The number of benzene rings is 2. The number of nitro groups is 1. The third kappa shape index (κ3) is 3.82. The van der Waals surface area contributed by atoms with Crippen molar-refractivity contribution in [2.75, 3.05) is 19.5 Å². The van der Waals surface area contributed by atoms with Crippen LogP contribution in [0.2, 0.25) is 0 Å². The van der Waals surface area contributed by atoms with Crippen molar-refractivity contribution in [1.82, 2.24) is 5.32 Å². The Morgan fingerprint density at radius 1 is 1.22 bits per heavy atom. The first kappa shape index (κ1) is 18.2. The quantitative estimate of drug-likeness (QED) is 0.527. The normalized spacial score (nSPS) is 18.3. The van der Waals surface area contributed by atoms with Crippen LogP contribution in [0, 0.1) is 10.1 Å². The highest BCUT2D eigenvalue weighted by Crippen LogP contribution is 2.32. The largest absolute Gasteiger partial charge is 0.497 e. The van der Waals surface area contributed by atoms with Gasteiger partial charge in [0.25, 0.3) is 5.69 Å². The molecule has 0 saturated heterocycles. The molecule has 0 amide bonds. The van der Waals surface area contributed by atoms with Gasteiger partial charge in [-0.2, -0.15) is 0 Å². The van der Waals surface area contributed by atoms with E-state index in [1.165, 1.54) is 25.3 Å². The number of nitrogens with one attached hydrogen (secondary N) is 2. The first-order valence-electron chi connectivity index (χ1n) is 8.02. The maximum atomic E-state index is 11.0. The molecule has 9 heteroatoms. The van der Waals surface area contributed by atoms with E-state index < -0.39 is 10.7 Å². The maximum absolute atomic E-state index is 11.0. The molecule has 4 N–H and O–H groups in total. The van der Waals surface area contributed by atoms with Crippen LogP contribution in [0.15, 0.2) is 59.4 Å². The van der Waals surface area contributed by atoms with Gasteiger partial charge < -0.3 is 20.1 Å². The summed E-state index contributed by atoms with van der Waals surface area (Å²) in [6.45, 7) is 0. The summed E-state index contributed by atoms with van der Waals surface area (Å²) in [5, 5.41) is 17.3. The molecule has 0 radical (unpaired) electrons. The topological polar surface area (TPSA) is 124 Å². The number of hydrogen-bond donors (Lipinski definition) is 3. The summed E-state index contributed by atoms with van der Waals surface area (Å²) < 4.78 is 10.5. The molecule has 3 rings (SSSR count). The van der Waals surface area contributed by atoms with Crippen molar-refractivity contribution in [3.63, 3.8) is 0 Å². The molecular formula is C18H19N5O4. The zero-order valence-electron chi connectivity index (χ0n) is 14.8. The van der Waals surface area contributed by atoms with Crippen LogP contribution in [0.25, 0.3) is 0 Å². The minimum atomic E-state index is -1.35. The number of anilines is 1. The number of hydrogen-bond acceptors (Lipinski definition) is 8. The zero-order chi connectivity index (χ0) is 19.4. The molecule has 1 atom stereocenters. The molecule has 1 aliphatic rings. The molecule has 0 bridgehead atoms. The molecule has 140 valence electrons. The lowest BCUT2D eigenvalue weighted by molar-refractivity contribution is -0.385. The van der Waals surface area contributed by atoms with E-state index in [0.717, 1.165) is 5.69 Å². The molecule has 0 fully saturated rings. The van der Waals surface area contributed by atoms with Crippen LogP contribution in [0.4, 0.5) is 11.4 Å².